The molecule has 0 radical (unpaired) electrons. The van der Waals surface area contributed by atoms with E-state index in [-0.39, 0.29) is 6.61 Å². The molecule has 0 aliphatic heterocycles. The summed E-state index contributed by atoms with van der Waals surface area (Å²) in [6.45, 7) is 3.49. The maximum absolute atomic E-state index is 9.18. The second-order valence-electron chi connectivity index (χ2n) is 4.01. The second-order valence-corrected chi connectivity index (χ2v) is 4.01. The lowest BCUT2D eigenvalue weighted by Crippen LogP contribution is -2.32. The molecule has 1 N–H and O–H groups in total. The molecule has 0 unspecified atom stereocenters. The molecule has 4 heteroatoms. The van der Waals surface area contributed by atoms with Gasteiger partial charge in [0.25, 0.3) is 0 Å². The summed E-state index contributed by atoms with van der Waals surface area (Å²) in [5.74, 6) is 1.67. The van der Waals surface area contributed by atoms with Crippen molar-refractivity contribution in [3.8, 4) is 17.2 Å². The summed E-state index contributed by atoms with van der Waals surface area (Å²) in [6, 6.07) is 5.38. The Kier molecular flexibility index (Phi) is 4.01. The van der Waals surface area contributed by atoms with Gasteiger partial charge in [0.2, 0.25) is 5.75 Å². The molecule has 0 bridgehead atoms. The smallest absolute Gasteiger partial charge is 0.204 e. The molecule has 0 aliphatic rings. The molecule has 0 saturated carbocycles. The number of aliphatic hydroxyl groups excluding tert-OH is 1. The highest BCUT2D eigenvalue weighted by Gasteiger charge is 2.23. The fourth-order valence-electron chi connectivity index (χ4n) is 1.23. The molecule has 0 saturated heterocycles. The molecule has 1 aromatic rings. The average molecular weight is 226 g/mol. The predicted octanol–water partition coefficient (Wildman–Crippen LogP) is 1.85. The third kappa shape index (κ3) is 2.79. The van der Waals surface area contributed by atoms with E-state index in [2.05, 4.69) is 0 Å². The summed E-state index contributed by atoms with van der Waals surface area (Å²) < 4.78 is 16.1. The summed E-state index contributed by atoms with van der Waals surface area (Å²) in [5.41, 5.74) is -0.679. The van der Waals surface area contributed by atoms with Gasteiger partial charge in [-0.1, -0.05) is 6.07 Å². The minimum Gasteiger partial charge on any atom is -0.493 e. The maximum atomic E-state index is 9.18. The van der Waals surface area contributed by atoms with Crippen LogP contribution < -0.4 is 14.2 Å². The van der Waals surface area contributed by atoms with Crippen molar-refractivity contribution in [2.75, 3.05) is 20.8 Å². The minimum atomic E-state index is -0.679. The van der Waals surface area contributed by atoms with Crippen molar-refractivity contribution in [3.05, 3.63) is 18.2 Å². The molecule has 0 amide bonds. The number of rotatable bonds is 5. The van der Waals surface area contributed by atoms with Crippen molar-refractivity contribution in [2.45, 2.75) is 19.4 Å². The molecule has 16 heavy (non-hydrogen) atoms. The van der Waals surface area contributed by atoms with Gasteiger partial charge in [-0.25, -0.2) is 0 Å². The van der Waals surface area contributed by atoms with E-state index in [0.29, 0.717) is 17.2 Å². The van der Waals surface area contributed by atoms with Gasteiger partial charge < -0.3 is 19.3 Å². The first kappa shape index (κ1) is 12.6. The second kappa shape index (κ2) is 5.07. The van der Waals surface area contributed by atoms with Gasteiger partial charge in [-0.05, 0) is 26.0 Å². The van der Waals surface area contributed by atoms with E-state index in [1.807, 2.05) is 6.07 Å². The van der Waals surface area contributed by atoms with Crippen LogP contribution in [0, 0.1) is 0 Å². The normalized spacial score (nSPS) is 11.1. The van der Waals surface area contributed by atoms with Gasteiger partial charge in [0.05, 0.1) is 20.8 Å². The standard InChI is InChI=1S/C12H18O4/c1-12(2,8-13)16-11-9(14-3)6-5-7-10(11)15-4/h5-7,13H,8H2,1-4H3. The fourth-order valence-corrected chi connectivity index (χ4v) is 1.23. The first-order valence-electron chi connectivity index (χ1n) is 5.05. The van der Waals surface area contributed by atoms with Crippen LogP contribution in [0.25, 0.3) is 0 Å². The molecule has 0 aliphatic carbocycles. The molecule has 0 atom stereocenters. The van der Waals surface area contributed by atoms with Crippen LogP contribution in [0.3, 0.4) is 0 Å². The third-order valence-electron chi connectivity index (χ3n) is 2.14. The molecular formula is C12H18O4. The van der Waals surface area contributed by atoms with Crippen molar-refractivity contribution < 1.29 is 19.3 Å². The summed E-state index contributed by atoms with van der Waals surface area (Å²) in [5, 5.41) is 9.18. The van der Waals surface area contributed by atoms with E-state index in [9.17, 15) is 5.11 Å². The highest BCUT2D eigenvalue weighted by atomic mass is 16.6. The molecule has 90 valence electrons. The SMILES string of the molecule is COc1cccc(OC)c1OC(C)(C)CO. The summed E-state index contributed by atoms with van der Waals surface area (Å²) in [6.07, 6.45) is 0. The molecule has 1 aromatic carbocycles. The van der Waals surface area contributed by atoms with Crippen molar-refractivity contribution in [1.82, 2.24) is 0 Å². The molecule has 0 spiro atoms. The molecule has 0 fully saturated rings. The Balaban J connectivity index is 3.09. The Hall–Kier alpha value is -1.42. The molecule has 0 heterocycles. The topological polar surface area (TPSA) is 47.9 Å². The van der Waals surface area contributed by atoms with Crippen LogP contribution in [0.15, 0.2) is 18.2 Å². The summed E-state index contributed by atoms with van der Waals surface area (Å²) in [7, 11) is 3.13. The van der Waals surface area contributed by atoms with Crippen molar-refractivity contribution in [2.24, 2.45) is 0 Å². The van der Waals surface area contributed by atoms with Crippen molar-refractivity contribution in [3.63, 3.8) is 0 Å². The largest absolute Gasteiger partial charge is 0.493 e. The third-order valence-corrected chi connectivity index (χ3v) is 2.14. The number of hydrogen-bond donors (Lipinski definition) is 1. The number of ether oxygens (including phenoxy) is 3. The zero-order chi connectivity index (χ0) is 12.2. The van der Waals surface area contributed by atoms with E-state index in [1.54, 1.807) is 40.2 Å². The number of aliphatic hydroxyl groups is 1. The van der Waals surface area contributed by atoms with Crippen LogP contribution >= 0.6 is 0 Å². The maximum Gasteiger partial charge on any atom is 0.204 e. The highest BCUT2D eigenvalue weighted by Crippen LogP contribution is 2.38. The quantitative estimate of drug-likeness (QED) is 0.832. The van der Waals surface area contributed by atoms with E-state index in [0.717, 1.165) is 0 Å². The van der Waals surface area contributed by atoms with Gasteiger partial charge in [-0.15, -0.1) is 0 Å². The highest BCUT2D eigenvalue weighted by molar-refractivity contribution is 5.51. The zero-order valence-corrected chi connectivity index (χ0v) is 10.1. The van der Waals surface area contributed by atoms with Crippen molar-refractivity contribution in [1.29, 1.82) is 0 Å². The van der Waals surface area contributed by atoms with Gasteiger partial charge in [0.15, 0.2) is 11.5 Å². The first-order valence-corrected chi connectivity index (χ1v) is 5.05. The van der Waals surface area contributed by atoms with Crippen LogP contribution in [-0.4, -0.2) is 31.5 Å². The Labute approximate surface area is 95.8 Å². The lowest BCUT2D eigenvalue weighted by molar-refractivity contribution is 0.0367. The monoisotopic (exact) mass is 226 g/mol. The number of hydrogen-bond acceptors (Lipinski definition) is 4. The Morgan fingerprint density at radius 3 is 2.00 bits per heavy atom. The summed E-state index contributed by atoms with van der Waals surface area (Å²) >= 11 is 0. The van der Waals surface area contributed by atoms with Gasteiger partial charge in [0.1, 0.15) is 5.60 Å². The van der Waals surface area contributed by atoms with Crippen LogP contribution in [-0.2, 0) is 0 Å². The van der Waals surface area contributed by atoms with E-state index in [1.165, 1.54) is 0 Å². The zero-order valence-electron chi connectivity index (χ0n) is 10.1. The number of benzene rings is 1. The van der Waals surface area contributed by atoms with Crippen LogP contribution in [0.5, 0.6) is 17.2 Å². The fraction of sp³-hybridized carbons (Fsp3) is 0.500. The summed E-state index contributed by atoms with van der Waals surface area (Å²) in [4.78, 5) is 0. The minimum absolute atomic E-state index is 0.0891. The lowest BCUT2D eigenvalue weighted by atomic mass is 10.1. The Bertz CT molecular complexity index is 325. The first-order chi connectivity index (χ1) is 7.54. The number of methoxy groups -OCH3 is 2. The predicted molar refractivity (Wildman–Crippen MR) is 61.3 cm³/mol. The van der Waals surface area contributed by atoms with E-state index in [4.69, 9.17) is 14.2 Å². The van der Waals surface area contributed by atoms with E-state index < -0.39 is 5.60 Å². The molecule has 1 rings (SSSR count). The Morgan fingerprint density at radius 1 is 1.12 bits per heavy atom. The van der Waals surface area contributed by atoms with E-state index >= 15 is 0 Å². The van der Waals surface area contributed by atoms with Crippen molar-refractivity contribution >= 4 is 0 Å². The van der Waals surface area contributed by atoms with Crippen LogP contribution in [0.4, 0.5) is 0 Å². The van der Waals surface area contributed by atoms with Gasteiger partial charge >= 0.3 is 0 Å². The van der Waals surface area contributed by atoms with Crippen LogP contribution in [0.1, 0.15) is 13.8 Å². The molecular weight excluding hydrogens is 208 g/mol. The average Bonchev–Trinajstić information content (AvgIpc) is 2.29. The Morgan fingerprint density at radius 2 is 1.62 bits per heavy atom. The van der Waals surface area contributed by atoms with Crippen LogP contribution in [0.2, 0.25) is 0 Å². The molecule has 0 aromatic heterocycles. The van der Waals surface area contributed by atoms with Gasteiger partial charge in [0, 0.05) is 0 Å². The van der Waals surface area contributed by atoms with Gasteiger partial charge in [-0.3, -0.25) is 0 Å². The molecule has 4 nitrogen and oxygen atoms in total. The van der Waals surface area contributed by atoms with Gasteiger partial charge in [-0.2, -0.15) is 0 Å². The lowest BCUT2D eigenvalue weighted by Gasteiger charge is -2.26. The number of para-hydroxylation sites is 1.